The van der Waals surface area contributed by atoms with E-state index in [1.54, 1.807) is 0 Å². The highest BCUT2D eigenvalue weighted by Gasteiger charge is 2.29. The van der Waals surface area contributed by atoms with E-state index in [9.17, 15) is 9.59 Å². The average Bonchev–Trinajstić information content (AvgIpc) is 2.35. The summed E-state index contributed by atoms with van der Waals surface area (Å²) in [5, 5.41) is 6.08. The van der Waals surface area contributed by atoms with E-state index < -0.39 is 6.04 Å². The quantitative estimate of drug-likeness (QED) is 0.755. The van der Waals surface area contributed by atoms with Gasteiger partial charge < -0.3 is 15.5 Å². The van der Waals surface area contributed by atoms with Crippen LogP contribution >= 0.6 is 0 Å². The fourth-order valence-corrected chi connectivity index (χ4v) is 1.92. The normalized spacial score (nSPS) is 18.0. The third kappa shape index (κ3) is 3.98. The second kappa shape index (κ2) is 6.73. The van der Waals surface area contributed by atoms with Gasteiger partial charge in [-0.25, -0.2) is 0 Å². The summed E-state index contributed by atoms with van der Waals surface area (Å²) in [6.45, 7) is 10.7. The van der Waals surface area contributed by atoms with Crippen molar-refractivity contribution in [3.05, 3.63) is 0 Å². The van der Waals surface area contributed by atoms with Crippen LogP contribution in [-0.2, 0) is 9.59 Å². The van der Waals surface area contributed by atoms with Gasteiger partial charge in [-0.2, -0.15) is 0 Å². The minimum absolute atomic E-state index is 0.0421. The summed E-state index contributed by atoms with van der Waals surface area (Å²) in [4.78, 5) is 26.0. The van der Waals surface area contributed by atoms with Gasteiger partial charge in [0.1, 0.15) is 6.04 Å². The molecule has 1 unspecified atom stereocenters. The molecule has 0 saturated carbocycles. The van der Waals surface area contributed by atoms with Gasteiger partial charge in [-0.15, -0.1) is 0 Å². The van der Waals surface area contributed by atoms with Crippen molar-refractivity contribution in [1.82, 2.24) is 15.5 Å². The SMILES string of the molecule is CC(C)C(=O)NC(C(=O)N1CCNCC1)C(C)C. The molecule has 104 valence electrons. The molecule has 1 fully saturated rings. The Hall–Kier alpha value is -1.10. The second-order valence-electron chi connectivity index (χ2n) is 5.46. The highest BCUT2D eigenvalue weighted by Crippen LogP contribution is 2.08. The first-order valence-corrected chi connectivity index (χ1v) is 6.73. The summed E-state index contributed by atoms with van der Waals surface area (Å²) in [6.07, 6.45) is 0. The van der Waals surface area contributed by atoms with Crippen LogP contribution in [0.3, 0.4) is 0 Å². The van der Waals surface area contributed by atoms with Crippen LogP contribution in [0.4, 0.5) is 0 Å². The van der Waals surface area contributed by atoms with Crippen LogP contribution in [0.15, 0.2) is 0 Å². The molecule has 5 heteroatoms. The first-order valence-electron chi connectivity index (χ1n) is 6.73. The maximum absolute atomic E-state index is 12.4. The highest BCUT2D eigenvalue weighted by atomic mass is 16.2. The van der Waals surface area contributed by atoms with Crippen molar-refractivity contribution in [2.24, 2.45) is 11.8 Å². The van der Waals surface area contributed by atoms with Crippen LogP contribution in [0.5, 0.6) is 0 Å². The zero-order chi connectivity index (χ0) is 13.7. The molecule has 0 bridgehead atoms. The number of nitrogens with zero attached hydrogens (tertiary/aromatic N) is 1. The topological polar surface area (TPSA) is 61.4 Å². The molecule has 0 aromatic carbocycles. The largest absolute Gasteiger partial charge is 0.344 e. The summed E-state index contributed by atoms with van der Waals surface area (Å²) in [5.74, 6) is -0.00478. The predicted octanol–water partition coefficient (Wildman–Crippen LogP) is 0.215. The second-order valence-corrected chi connectivity index (χ2v) is 5.46. The fourth-order valence-electron chi connectivity index (χ4n) is 1.92. The molecule has 5 nitrogen and oxygen atoms in total. The number of rotatable bonds is 4. The molecule has 0 spiro atoms. The van der Waals surface area contributed by atoms with Gasteiger partial charge in [-0.1, -0.05) is 27.7 Å². The molecule has 1 rings (SSSR count). The van der Waals surface area contributed by atoms with Crippen molar-refractivity contribution in [3.63, 3.8) is 0 Å². The minimum Gasteiger partial charge on any atom is -0.344 e. The van der Waals surface area contributed by atoms with Gasteiger partial charge >= 0.3 is 0 Å². The molecule has 1 atom stereocenters. The van der Waals surface area contributed by atoms with E-state index in [1.165, 1.54) is 0 Å². The lowest BCUT2D eigenvalue weighted by Gasteiger charge is -2.33. The van der Waals surface area contributed by atoms with E-state index in [2.05, 4.69) is 10.6 Å². The number of hydrogen-bond donors (Lipinski definition) is 2. The number of nitrogens with one attached hydrogen (secondary N) is 2. The van der Waals surface area contributed by atoms with Crippen molar-refractivity contribution in [3.8, 4) is 0 Å². The zero-order valence-corrected chi connectivity index (χ0v) is 11.8. The summed E-state index contributed by atoms with van der Waals surface area (Å²) < 4.78 is 0. The lowest BCUT2D eigenvalue weighted by atomic mass is 10.0. The van der Waals surface area contributed by atoms with E-state index in [1.807, 2.05) is 32.6 Å². The van der Waals surface area contributed by atoms with Gasteiger partial charge in [0.05, 0.1) is 0 Å². The van der Waals surface area contributed by atoms with Crippen LogP contribution in [0.25, 0.3) is 0 Å². The van der Waals surface area contributed by atoms with Crippen molar-refractivity contribution < 1.29 is 9.59 Å². The standard InChI is InChI=1S/C13H25N3O2/c1-9(2)11(15-12(17)10(3)4)13(18)16-7-5-14-6-8-16/h9-11,14H,5-8H2,1-4H3,(H,15,17). The Balaban J connectivity index is 2.65. The number of carbonyl (C=O) groups is 2. The van der Waals surface area contributed by atoms with Gasteiger partial charge in [-0.3, -0.25) is 9.59 Å². The summed E-state index contributed by atoms with van der Waals surface area (Å²) in [6, 6.07) is -0.405. The maximum Gasteiger partial charge on any atom is 0.245 e. The zero-order valence-electron chi connectivity index (χ0n) is 11.8. The molecule has 1 aliphatic rings. The molecule has 18 heavy (non-hydrogen) atoms. The van der Waals surface area contributed by atoms with Gasteiger partial charge in [0.2, 0.25) is 11.8 Å². The summed E-state index contributed by atoms with van der Waals surface area (Å²) >= 11 is 0. The van der Waals surface area contributed by atoms with Crippen LogP contribution in [0.1, 0.15) is 27.7 Å². The molecule has 0 aliphatic carbocycles. The Labute approximate surface area is 109 Å². The molecule has 1 heterocycles. The maximum atomic E-state index is 12.4. The van der Waals surface area contributed by atoms with Gasteiger partial charge in [0.25, 0.3) is 0 Å². The van der Waals surface area contributed by atoms with E-state index in [0.29, 0.717) is 0 Å². The van der Waals surface area contributed by atoms with Crippen LogP contribution in [-0.4, -0.2) is 48.9 Å². The number of hydrogen-bond acceptors (Lipinski definition) is 3. The van der Waals surface area contributed by atoms with E-state index >= 15 is 0 Å². The monoisotopic (exact) mass is 255 g/mol. The molecule has 2 N–H and O–H groups in total. The third-order valence-electron chi connectivity index (χ3n) is 3.18. The first kappa shape index (κ1) is 15.0. The number of amides is 2. The summed E-state index contributed by atoms with van der Waals surface area (Å²) in [7, 11) is 0. The molecular formula is C13H25N3O2. The Kier molecular flexibility index (Phi) is 5.59. The fraction of sp³-hybridized carbons (Fsp3) is 0.846. The minimum atomic E-state index is -0.405. The molecule has 0 aromatic heterocycles. The van der Waals surface area contributed by atoms with Gasteiger partial charge in [0, 0.05) is 32.1 Å². The van der Waals surface area contributed by atoms with Crippen molar-refractivity contribution in [2.75, 3.05) is 26.2 Å². The first-order chi connectivity index (χ1) is 8.43. The molecule has 2 amide bonds. The van der Waals surface area contributed by atoms with Crippen molar-refractivity contribution in [1.29, 1.82) is 0 Å². The third-order valence-corrected chi connectivity index (χ3v) is 3.18. The Morgan fingerprint density at radius 2 is 1.67 bits per heavy atom. The lowest BCUT2D eigenvalue weighted by Crippen LogP contribution is -2.56. The van der Waals surface area contributed by atoms with E-state index in [4.69, 9.17) is 0 Å². The van der Waals surface area contributed by atoms with Gasteiger partial charge in [-0.05, 0) is 5.92 Å². The Morgan fingerprint density at radius 3 is 2.11 bits per heavy atom. The number of carbonyl (C=O) groups excluding carboxylic acids is 2. The molecule has 1 saturated heterocycles. The van der Waals surface area contributed by atoms with E-state index in [-0.39, 0.29) is 23.7 Å². The summed E-state index contributed by atoms with van der Waals surface area (Å²) in [5.41, 5.74) is 0. The van der Waals surface area contributed by atoms with E-state index in [0.717, 1.165) is 26.2 Å². The highest BCUT2D eigenvalue weighted by molar-refractivity contribution is 5.88. The smallest absolute Gasteiger partial charge is 0.245 e. The van der Waals surface area contributed by atoms with Crippen LogP contribution in [0.2, 0.25) is 0 Å². The Bertz CT molecular complexity index is 297. The number of piperazine rings is 1. The van der Waals surface area contributed by atoms with Crippen molar-refractivity contribution >= 4 is 11.8 Å². The van der Waals surface area contributed by atoms with Crippen LogP contribution < -0.4 is 10.6 Å². The molecule has 0 aromatic rings. The average molecular weight is 255 g/mol. The van der Waals surface area contributed by atoms with Gasteiger partial charge in [0.15, 0.2) is 0 Å². The predicted molar refractivity (Wildman–Crippen MR) is 71.1 cm³/mol. The Morgan fingerprint density at radius 1 is 1.11 bits per heavy atom. The lowest BCUT2D eigenvalue weighted by molar-refractivity contribution is -0.138. The molecule has 1 aliphatic heterocycles. The van der Waals surface area contributed by atoms with Crippen molar-refractivity contribution in [2.45, 2.75) is 33.7 Å². The molecular weight excluding hydrogens is 230 g/mol. The molecule has 0 radical (unpaired) electrons. The van der Waals surface area contributed by atoms with Crippen LogP contribution in [0, 0.1) is 11.8 Å².